The monoisotopic (exact) mass is 293 g/mol. The Morgan fingerprint density at radius 2 is 1.80 bits per heavy atom. The second-order valence-electron chi connectivity index (χ2n) is 4.38. The maximum absolute atomic E-state index is 12.6. The largest absolute Gasteiger partial charge is 0.312 e. The summed E-state index contributed by atoms with van der Waals surface area (Å²) in [6.07, 6.45) is -2.40. The first-order chi connectivity index (χ1) is 9.75. The Bertz CT molecular complexity index is 517. The Morgan fingerprint density at radius 1 is 1.00 bits per heavy atom. The van der Waals surface area contributed by atoms with E-state index in [-0.39, 0.29) is 5.56 Å². The summed E-state index contributed by atoms with van der Waals surface area (Å²) in [5, 5.41) is 3.27. The fourth-order valence-electron chi connectivity index (χ4n) is 1.83. The van der Waals surface area contributed by atoms with E-state index in [0.29, 0.717) is 6.54 Å². The topological polar surface area (TPSA) is 12.0 Å². The lowest BCUT2D eigenvalue weighted by molar-refractivity contribution is 0.151. The Labute approximate surface area is 122 Å². The van der Waals surface area contributed by atoms with Crippen molar-refractivity contribution in [3.05, 3.63) is 65.7 Å². The molecule has 0 aliphatic heterocycles. The van der Waals surface area contributed by atoms with Crippen LogP contribution in [0.3, 0.4) is 0 Å². The summed E-state index contributed by atoms with van der Waals surface area (Å²) >= 11 is 1.78. The molecule has 0 unspecified atom stereocenters. The van der Waals surface area contributed by atoms with Gasteiger partial charge in [-0.1, -0.05) is 36.4 Å². The van der Waals surface area contributed by atoms with Gasteiger partial charge >= 0.3 is 0 Å². The normalized spacial score (nSPS) is 10.9. The second-order valence-corrected chi connectivity index (χ2v) is 5.55. The highest BCUT2D eigenvalue weighted by Crippen LogP contribution is 2.19. The lowest BCUT2D eigenvalue weighted by atomic mass is 10.1. The Hall–Kier alpha value is -1.39. The molecular weight excluding hydrogens is 276 g/mol. The van der Waals surface area contributed by atoms with Gasteiger partial charge in [-0.05, 0) is 23.8 Å². The molecule has 0 aliphatic carbocycles. The number of alkyl halides is 2. The van der Waals surface area contributed by atoms with Crippen molar-refractivity contribution in [2.45, 2.75) is 17.9 Å². The molecule has 4 heteroatoms. The van der Waals surface area contributed by atoms with Crippen molar-refractivity contribution in [2.75, 3.05) is 12.3 Å². The van der Waals surface area contributed by atoms with Crippen LogP contribution < -0.4 is 5.32 Å². The molecule has 0 spiro atoms. The van der Waals surface area contributed by atoms with Gasteiger partial charge in [-0.2, -0.15) is 0 Å². The average molecular weight is 293 g/mol. The van der Waals surface area contributed by atoms with Crippen LogP contribution in [0.15, 0.2) is 59.5 Å². The highest BCUT2D eigenvalue weighted by Gasteiger charge is 2.06. The number of hydrogen-bond acceptors (Lipinski definition) is 2. The zero-order valence-electron chi connectivity index (χ0n) is 11.1. The lowest BCUT2D eigenvalue weighted by Crippen LogP contribution is -2.16. The van der Waals surface area contributed by atoms with Gasteiger partial charge in [0.2, 0.25) is 0 Å². The van der Waals surface area contributed by atoms with Gasteiger partial charge in [0, 0.05) is 29.3 Å². The molecule has 0 saturated heterocycles. The summed E-state index contributed by atoms with van der Waals surface area (Å²) < 4.78 is 25.1. The predicted octanol–water partition coefficient (Wildman–Crippen LogP) is 4.51. The zero-order valence-corrected chi connectivity index (χ0v) is 11.9. The highest BCUT2D eigenvalue weighted by atomic mass is 32.2. The fraction of sp³-hybridized carbons (Fsp3) is 0.250. The summed E-state index contributed by atoms with van der Waals surface area (Å²) in [7, 11) is 0. The minimum Gasteiger partial charge on any atom is -0.312 e. The summed E-state index contributed by atoms with van der Waals surface area (Å²) in [4.78, 5) is 1.24. The number of nitrogens with one attached hydrogen (secondary N) is 1. The van der Waals surface area contributed by atoms with Gasteiger partial charge in [-0.3, -0.25) is 0 Å². The van der Waals surface area contributed by atoms with Crippen molar-refractivity contribution in [2.24, 2.45) is 0 Å². The highest BCUT2D eigenvalue weighted by molar-refractivity contribution is 7.99. The van der Waals surface area contributed by atoms with Crippen molar-refractivity contribution in [1.29, 1.82) is 0 Å². The van der Waals surface area contributed by atoms with E-state index >= 15 is 0 Å². The molecule has 0 aliphatic rings. The number of benzene rings is 2. The maximum Gasteiger partial charge on any atom is 0.263 e. The van der Waals surface area contributed by atoms with Crippen molar-refractivity contribution in [1.82, 2.24) is 5.32 Å². The number of thioether (sulfide) groups is 1. The molecule has 1 nitrogen and oxygen atoms in total. The van der Waals surface area contributed by atoms with Gasteiger partial charge in [-0.15, -0.1) is 11.8 Å². The van der Waals surface area contributed by atoms with E-state index in [1.54, 1.807) is 23.9 Å². The Morgan fingerprint density at radius 3 is 2.55 bits per heavy atom. The van der Waals surface area contributed by atoms with E-state index in [4.69, 9.17) is 0 Å². The summed E-state index contributed by atoms with van der Waals surface area (Å²) in [5.74, 6) is 0.957. The van der Waals surface area contributed by atoms with Crippen LogP contribution in [0, 0.1) is 0 Å². The SMILES string of the molecule is FC(F)c1cccc(CNCCSc2ccccc2)c1. The van der Waals surface area contributed by atoms with E-state index in [2.05, 4.69) is 17.4 Å². The summed E-state index contributed by atoms with van der Waals surface area (Å²) in [6.45, 7) is 1.47. The minimum absolute atomic E-state index is 0.0861. The predicted molar refractivity (Wildman–Crippen MR) is 80.3 cm³/mol. The van der Waals surface area contributed by atoms with E-state index in [1.165, 1.54) is 11.0 Å². The number of rotatable bonds is 7. The fourth-order valence-corrected chi connectivity index (χ4v) is 2.66. The molecule has 20 heavy (non-hydrogen) atoms. The van der Waals surface area contributed by atoms with Gasteiger partial charge in [0.25, 0.3) is 6.43 Å². The van der Waals surface area contributed by atoms with Crippen molar-refractivity contribution in [3.8, 4) is 0 Å². The molecule has 0 atom stereocenters. The van der Waals surface area contributed by atoms with Crippen LogP contribution in [0.2, 0.25) is 0 Å². The molecule has 0 radical (unpaired) electrons. The summed E-state index contributed by atoms with van der Waals surface area (Å²) in [5.41, 5.74) is 0.982. The van der Waals surface area contributed by atoms with Crippen LogP contribution in [0.25, 0.3) is 0 Å². The molecule has 2 aromatic carbocycles. The first-order valence-electron chi connectivity index (χ1n) is 6.51. The van der Waals surface area contributed by atoms with E-state index in [0.717, 1.165) is 17.9 Å². The Kier molecular flexibility index (Phi) is 6.02. The number of hydrogen-bond donors (Lipinski definition) is 1. The van der Waals surface area contributed by atoms with Gasteiger partial charge in [0.05, 0.1) is 0 Å². The van der Waals surface area contributed by atoms with Crippen LogP contribution in [-0.2, 0) is 6.54 Å². The third-order valence-electron chi connectivity index (χ3n) is 2.82. The van der Waals surface area contributed by atoms with Crippen LogP contribution in [0.5, 0.6) is 0 Å². The van der Waals surface area contributed by atoms with Crippen LogP contribution in [-0.4, -0.2) is 12.3 Å². The molecule has 0 fully saturated rings. The van der Waals surface area contributed by atoms with Crippen LogP contribution in [0.1, 0.15) is 17.6 Å². The molecule has 0 amide bonds. The van der Waals surface area contributed by atoms with E-state index in [1.807, 2.05) is 24.3 Å². The third kappa shape index (κ3) is 4.94. The first kappa shape index (κ1) is 15.0. The van der Waals surface area contributed by atoms with Gasteiger partial charge < -0.3 is 5.32 Å². The quantitative estimate of drug-likeness (QED) is 0.595. The molecule has 0 bridgehead atoms. The molecule has 0 saturated carbocycles. The second kappa shape index (κ2) is 8.02. The molecule has 1 N–H and O–H groups in total. The zero-order chi connectivity index (χ0) is 14.2. The van der Waals surface area contributed by atoms with Crippen molar-refractivity contribution >= 4 is 11.8 Å². The minimum atomic E-state index is -2.40. The number of halogens is 2. The lowest BCUT2D eigenvalue weighted by Gasteiger charge is -2.07. The van der Waals surface area contributed by atoms with E-state index in [9.17, 15) is 8.78 Å². The molecular formula is C16H17F2NS. The molecule has 106 valence electrons. The average Bonchev–Trinajstić information content (AvgIpc) is 2.48. The van der Waals surface area contributed by atoms with Gasteiger partial charge in [0.1, 0.15) is 0 Å². The van der Waals surface area contributed by atoms with Crippen LogP contribution in [0.4, 0.5) is 8.78 Å². The molecule has 0 aromatic heterocycles. The third-order valence-corrected chi connectivity index (χ3v) is 3.84. The van der Waals surface area contributed by atoms with Crippen molar-refractivity contribution in [3.63, 3.8) is 0 Å². The summed E-state index contributed by atoms with van der Waals surface area (Å²) in [6, 6.07) is 16.8. The maximum atomic E-state index is 12.6. The Balaban J connectivity index is 1.69. The van der Waals surface area contributed by atoms with Gasteiger partial charge in [0.15, 0.2) is 0 Å². The standard InChI is InChI=1S/C16H17F2NS/c17-16(18)14-6-4-5-13(11-14)12-19-9-10-20-15-7-2-1-3-8-15/h1-8,11,16,19H,9-10,12H2. The first-order valence-corrected chi connectivity index (χ1v) is 7.50. The molecule has 0 heterocycles. The van der Waals surface area contributed by atoms with Crippen LogP contribution >= 0.6 is 11.8 Å². The van der Waals surface area contributed by atoms with Gasteiger partial charge in [-0.25, -0.2) is 8.78 Å². The van der Waals surface area contributed by atoms with Crippen molar-refractivity contribution < 1.29 is 8.78 Å². The molecule has 2 rings (SSSR count). The smallest absolute Gasteiger partial charge is 0.263 e. The van der Waals surface area contributed by atoms with E-state index < -0.39 is 6.43 Å². The molecule has 2 aromatic rings.